The molecule has 3 aromatic rings. The SMILES string of the molecule is CCn1c(CC#N)nc2c(N3C[C@@H](C)N(C(C)c4ccc5c(c4)OC(C)(C)C5)C[C@@H]3C)nc(=O)n(C)c21. The molecule has 9 heteroatoms. The average molecular weight is 504 g/mol. The van der Waals surface area contributed by atoms with E-state index in [0.29, 0.717) is 23.7 Å². The lowest BCUT2D eigenvalue weighted by molar-refractivity contribution is 0.118. The van der Waals surface area contributed by atoms with Crippen molar-refractivity contribution in [2.75, 3.05) is 18.0 Å². The van der Waals surface area contributed by atoms with Crippen LogP contribution in [0.15, 0.2) is 23.0 Å². The normalized spacial score (nSPS) is 22.1. The van der Waals surface area contributed by atoms with Gasteiger partial charge in [0.1, 0.15) is 28.3 Å². The maximum Gasteiger partial charge on any atom is 0.350 e. The third-order valence-electron chi connectivity index (χ3n) is 7.97. The predicted octanol–water partition coefficient (Wildman–Crippen LogP) is 3.59. The molecule has 2 aliphatic heterocycles. The van der Waals surface area contributed by atoms with Crippen LogP contribution in [0.3, 0.4) is 0 Å². The van der Waals surface area contributed by atoms with E-state index in [4.69, 9.17) is 9.72 Å². The van der Waals surface area contributed by atoms with Gasteiger partial charge < -0.3 is 14.2 Å². The molecule has 2 aliphatic rings. The Labute approximate surface area is 218 Å². The molecule has 0 bridgehead atoms. The lowest BCUT2D eigenvalue weighted by Crippen LogP contribution is -2.57. The molecule has 196 valence electrons. The van der Waals surface area contributed by atoms with Crippen molar-refractivity contribution in [3.8, 4) is 11.8 Å². The fourth-order valence-electron chi connectivity index (χ4n) is 6.07. The summed E-state index contributed by atoms with van der Waals surface area (Å²) in [6.07, 6.45) is 1.13. The third kappa shape index (κ3) is 4.27. The zero-order chi connectivity index (χ0) is 26.6. The number of imidazole rings is 1. The van der Waals surface area contributed by atoms with Crippen molar-refractivity contribution in [3.63, 3.8) is 0 Å². The Morgan fingerprint density at radius 3 is 2.68 bits per heavy atom. The van der Waals surface area contributed by atoms with Gasteiger partial charge in [-0.15, -0.1) is 0 Å². The quantitative estimate of drug-likeness (QED) is 0.525. The average Bonchev–Trinajstić information content (AvgIpc) is 3.37. The summed E-state index contributed by atoms with van der Waals surface area (Å²) in [5.41, 5.74) is 3.47. The van der Waals surface area contributed by atoms with Crippen LogP contribution in [0.4, 0.5) is 5.82 Å². The Bertz CT molecular complexity index is 1450. The van der Waals surface area contributed by atoms with E-state index in [1.54, 1.807) is 11.6 Å². The van der Waals surface area contributed by atoms with Crippen LogP contribution >= 0.6 is 0 Å². The molecule has 2 aromatic heterocycles. The van der Waals surface area contributed by atoms with Gasteiger partial charge in [-0.2, -0.15) is 10.2 Å². The van der Waals surface area contributed by atoms with Crippen molar-refractivity contribution < 1.29 is 4.74 Å². The number of nitrogens with zero attached hydrogens (tertiary/aromatic N) is 7. The topological polar surface area (TPSA) is 92.2 Å². The van der Waals surface area contributed by atoms with Gasteiger partial charge >= 0.3 is 5.69 Å². The molecular formula is C28H37N7O2. The Morgan fingerprint density at radius 1 is 1.22 bits per heavy atom. The zero-order valence-electron chi connectivity index (χ0n) is 22.9. The second-order valence-electron chi connectivity index (χ2n) is 11.2. The second kappa shape index (κ2) is 9.18. The van der Waals surface area contributed by atoms with Crippen LogP contribution in [0.1, 0.15) is 64.5 Å². The maximum absolute atomic E-state index is 12.9. The predicted molar refractivity (Wildman–Crippen MR) is 144 cm³/mol. The summed E-state index contributed by atoms with van der Waals surface area (Å²) >= 11 is 0. The summed E-state index contributed by atoms with van der Waals surface area (Å²) in [7, 11) is 1.72. The van der Waals surface area contributed by atoms with Crippen LogP contribution in [0.5, 0.6) is 5.75 Å². The lowest BCUT2D eigenvalue weighted by atomic mass is 9.97. The molecule has 0 amide bonds. The molecule has 0 spiro atoms. The smallest absolute Gasteiger partial charge is 0.350 e. The molecule has 0 N–H and O–H groups in total. The minimum absolute atomic E-state index is 0.122. The molecule has 1 saturated heterocycles. The van der Waals surface area contributed by atoms with Gasteiger partial charge in [0.2, 0.25) is 0 Å². The number of aryl methyl sites for hydroxylation is 2. The molecule has 3 atom stereocenters. The summed E-state index contributed by atoms with van der Waals surface area (Å²) in [4.78, 5) is 26.9. The molecule has 0 saturated carbocycles. The van der Waals surface area contributed by atoms with Crippen LogP contribution < -0.4 is 15.3 Å². The van der Waals surface area contributed by atoms with E-state index in [2.05, 4.69) is 73.7 Å². The highest BCUT2D eigenvalue weighted by molar-refractivity contribution is 5.84. The van der Waals surface area contributed by atoms with Crippen molar-refractivity contribution in [1.82, 2.24) is 24.0 Å². The van der Waals surface area contributed by atoms with Gasteiger partial charge in [0, 0.05) is 51.2 Å². The first-order chi connectivity index (χ1) is 17.5. The first kappa shape index (κ1) is 25.3. The Morgan fingerprint density at radius 2 is 1.97 bits per heavy atom. The summed E-state index contributed by atoms with van der Waals surface area (Å²) in [5.74, 6) is 2.28. The number of piperazine rings is 1. The number of hydrogen-bond donors (Lipinski definition) is 0. The Kier molecular flexibility index (Phi) is 6.27. The van der Waals surface area contributed by atoms with E-state index < -0.39 is 0 Å². The molecule has 37 heavy (non-hydrogen) atoms. The standard InChI is InChI=1S/C28H37N7O2/c1-8-33-23(11-12-29)30-24-25(31-27(36)32(7)26(24)33)35-16-17(2)34(15-18(35)3)19(4)20-9-10-21-14-28(5,6)37-22(21)13-20/h9-10,13,17-19H,8,11,14-16H2,1-7H3/t17-,18+,19?/m1/s1. The fraction of sp³-hybridized carbons (Fsp3) is 0.571. The van der Waals surface area contributed by atoms with E-state index in [0.717, 1.165) is 30.9 Å². The fourth-order valence-corrected chi connectivity index (χ4v) is 6.07. The molecule has 1 unspecified atom stereocenters. The summed E-state index contributed by atoms with van der Waals surface area (Å²) in [6, 6.07) is 9.42. The molecule has 5 rings (SSSR count). The van der Waals surface area contributed by atoms with Gasteiger partial charge in [0.15, 0.2) is 5.82 Å². The summed E-state index contributed by atoms with van der Waals surface area (Å²) in [5, 5.41) is 9.32. The van der Waals surface area contributed by atoms with E-state index >= 15 is 0 Å². The van der Waals surface area contributed by atoms with Crippen LogP contribution in [-0.4, -0.2) is 54.8 Å². The van der Waals surface area contributed by atoms with Crippen LogP contribution in [0.25, 0.3) is 11.2 Å². The Hall–Kier alpha value is -3.38. The molecule has 9 nitrogen and oxygen atoms in total. The molecule has 0 aliphatic carbocycles. The molecule has 1 fully saturated rings. The van der Waals surface area contributed by atoms with Crippen molar-refractivity contribution in [2.45, 2.75) is 84.7 Å². The number of aromatic nitrogens is 4. The van der Waals surface area contributed by atoms with E-state index in [9.17, 15) is 10.1 Å². The van der Waals surface area contributed by atoms with Gasteiger partial charge in [0.25, 0.3) is 0 Å². The highest BCUT2D eigenvalue weighted by Gasteiger charge is 2.36. The highest BCUT2D eigenvalue weighted by atomic mass is 16.5. The minimum atomic E-state index is -0.308. The maximum atomic E-state index is 12.9. The first-order valence-electron chi connectivity index (χ1n) is 13.2. The molecule has 0 radical (unpaired) electrons. The molecule has 4 heterocycles. The highest BCUT2D eigenvalue weighted by Crippen LogP contribution is 2.38. The van der Waals surface area contributed by atoms with Crippen molar-refractivity contribution in [2.24, 2.45) is 7.05 Å². The number of nitriles is 1. The largest absolute Gasteiger partial charge is 0.487 e. The van der Waals surface area contributed by atoms with Crippen molar-refractivity contribution >= 4 is 17.0 Å². The number of benzene rings is 1. The summed E-state index contributed by atoms with van der Waals surface area (Å²) < 4.78 is 9.69. The van der Waals surface area contributed by atoms with Gasteiger partial charge in [0.05, 0.1) is 12.5 Å². The number of ether oxygens (including phenoxy) is 1. The van der Waals surface area contributed by atoms with Gasteiger partial charge in [-0.05, 0) is 58.7 Å². The van der Waals surface area contributed by atoms with Crippen LogP contribution in [0, 0.1) is 11.3 Å². The van der Waals surface area contributed by atoms with Crippen LogP contribution in [-0.2, 0) is 26.4 Å². The van der Waals surface area contributed by atoms with Gasteiger partial charge in [-0.3, -0.25) is 9.47 Å². The number of hydrogen-bond acceptors (Lipinski definition) is 7. The molecule has 1 aromatic carbocycles. The number of rotatable bonds is 5. The van der Waals surface area contributed by atoms with Crippen molar-refractivity contribution in [3.05, 3.63) is 45.6 Å². The van der Waals surface area contributed by atoms with Gasteiger partial charge in [-0.1, -0.05) is 12.1 Å². The van der Waals surface area contributed by atoms with E-state index in [1.165, 1.54) is 11.1 Å². The van der Waals surface area contributed by atoms with Crippen molar-refractivity contribution in [1.29, 1.82) is 5.26 Å². The number of fused-ring (bicyclic) bond motifs is 2. The number of anilines is 1. The van der Waals surface area contributed by atoms with Gasteiger partial charge in [-0.25, -0.2) is 9.78 Å². The second-order valence-corrected chi connectivity index (χ2v) is 11.2. The van der Waals surface area contributed by atoms with E-state index in [1.807, 2.05) is 11.5 Å². The van der Waals surface area contributed by atoms with Crippen LogP contribution in [0.2, 0.25) is 0 Å². The Balaban J connectivity index is 1.45. The lowest BCUT2D eigenvalue weighted by Gasteiger charge is -2.47. The van der Waals surface area contributed by atoms with E-state index in [-0.39, 0.29) is 35.8 Å². The zero-order valence-corrected chi connectivity index (χ0v) is 22.9. The monoisotopic (exact) mass is 503 g/mol. The minimum Gasteiger partial charge on any atom is -0.487 e. The summed E-state index contributed by atoms with van der Waals surface area (Å²) in [6.45, 7) is 15.1. The molecular weight excluding hydrogens is 466 g/mol. The third-order valence-corrected chi connectivity index (χ3v) is 7.97. The first-order valence-corrected chi connectivity index (χ1v) is 13.2.